The molecule has 7 nitrogen and oxygen atoms in total. The number of esters is 1. The Bertz CT molecular complexity index is 723. The lowest BCUT2D eigenvalue weighted by Crippen LogP contribution is -2.25. The maximum atomic E-state index is 11.9. The number of amides is 2. The third kappa shape index (κ3) is 6.08. The summed E-state index contributed by atoms with van der Waals surface area (Å²) in [4.78, 5) is 35.3. The second-order valence-electron chi connectivity index (χ2n) is 5.60. The van der Waals surface area contributed by atoms with Crippen LogP contribution in [-0.4, -0.2) is 30.9 Å². The van der Waals surface area contributed by atoms with Crippen molar-refractivity contribution in [3.63, 3.8) is 0 Å². The van der Waals surface area contributed by atoms with Gasteiger partial charge >= 0.3 is 5.97 Å². The van der Waals surface area contributed by atoms with Crippen LogP contribution < -0.4 is 10.6 Å². The standard InChI is InChI=1S/C19H22N2O5/c1-2-12-26-19(24)14-7-9-15(10-8-14)21-17(22)6-3-11-20-18(23)16-5-4-13-25-16/h4-5,7-10,13H,2-3,6,11-12H2,1H3,(H,20,23)(H,21,22). The molecule has 0 bridgehead atoms. The van der Waals surface area contributed by atoms with Gasteiger partial charge in [0.15, 0.2) is 5.76 Å². The maximum Gasteiger partial charge on any atom is 0.338 e. The maximum absolute atomic E-state index is 11.9. The highest BCUT2D eigenvalue weighted by Crippen LogP contribution is 2.11. The molecule has 2 amide bonds. The number of nitrogens with one attached hydrogen (secondary N) is 2. The number of benzene rings is 1. The van der Waals surface area contributed by atoms with Gasteiger partial charge < -0.3 is 19.8 Å². The highest BCUT2D eigenvalue weighted by molar-refractivity contribution is 5.93. The van der Waals surface area contributed by atoms with Crippen molar-refractivity contribution in [2.45, 2.75) is 26.2 Å². The average molecular weight is 358 g/mol. The number of hydrogen-bond donors (Lipinski definition) is 2. The van der Waals surface area contributed by atoms with E-state index in [4.69, 9.17) is 9.15 Å². The van der Waals surface area contributed by atoms with Gasteiger partial charge in [-0.3, -0.25) is 9.59 Å². The first-order valence-electron chi connectivity index (χ1n) is 8.49. The Balaban J connectivity index is 1.69. The first-order valence-corrected chi connectivity index (χ1v) is 8.49. The molecule has 0 unspecified atom stereocenters. The number of anilines is 1. The molecular formula is C19H22N2O5. The largest absolute Gasteiger partial charge is 0.462 e. The summed E-state index contributed by atoms with van der Waals surface area (Å²) in [6.07, 6.45) is 2.96. The number of hydrogen-bond acceptors (Lipinski definition) is 5. The molecule has 138 valence electrons. The van der Waals surface area contributed by atoms with Gasteiger partial charge in [-0.2, -0.15) is 0 Å². The van der Waals surface area contributed by atoms with Crippen LogP contribution >= 0.6 is 0 Å². The number of furan rings is 1. The fourth-order valence-electron chi connectivity index (χ4n) is 2.14. The molecule has 1 heterocycles. The summed E-state index contributed by atoms with van der Waals surface area (Å²) in [7, 11) is 0. The molecule has 0 atom stereocenters. The number of carbonyl (C=O) groups is 3. The van der Waals surface area contributed by atoms with Crippen molar-refractivity contribution in [2.75, 3.05) is 18.5 Å². The van der Waals surface area contributed by atoms with E-state index in [1.165, 1.54) is 6.26 Å². The van der Waals surface area contributed by atoms with Crippen LogP contribution in [0.5, 0.6) is 0 Å². The SMILES string of the molecule is CCCOC(=O)c1ccc(NC(=O)CCCNC(=O)c2ccco2)cc1. The first-order chi connectivity index (χ1) is 12.6. The van der Waals surface area contributed by atoms with Crippen LogP contribution in [-0.2, 0) is 9.53 Å². The van der Waals surface area contributed by atoms with Crippen molar-refractivity contribution >= 4 is 23.5 Å². The van der Waals surface area contributed by atoms with Crippen molar-refractivity contribution in [2.24, 2.45) is 0 Å². The minimum atomic E-state index is -0.378. The summed E-state index contributed by atoms with van der Waals surface area (Å²) in [5.74, 6) is -0.608. The van der Waals surface area contributed by atoms with Gasteiger partial charge in [-0.05, 0) is 49.2 Å². The molecule has 0 aliphatic carbocycles. The zero-order valence-electron chi connectivity index (χ0n) is 14.6. The van der Waals surface area contributed by atoms with Crippen molar-refractivity contribution in [3.05, 3.63) is 54.0 Å². The summed E-state index contributed by atoms with van der Waals surface area (Å²) in [6.45, 7) is 2.68. The Labute approximate surface area is 151 Å². The van der Waals surface area contributed by atoms with Gasteiger partial charge in [0.1, 0.15) is 0 Å². The minimum absolute atomic E-state index is 0.168. The van der Waals surface area contributed by atoms with Crippen molar-refractivity contribution < 1.29 is 23.5 Å². The molecule has 0 fully saturated rings. The van der Waals surface area contributed by atoms with E-state index in [2.05, 4.69) is 10.6 Å². The number of rotatable bonds is 9. The fraction of sp³-hybridized carbons (Fsp3) is 0.316. The molecular weight excluding hydrogens is 336 g/mol. The normalized spacial score (nSPS) is 10.2. The fourth-order valence-corrected chi connectivity index (χ4v) is 2.14. The quantitative estimate of drug-likeness (QED) is 0.530. The van der Waals surface area contributed by atoms with Gasteiger partial charge in [0.2, 0.25) is 5.91 Å². The molecule has 0 saturated carbocycles. The van der Waals surface area contributed by atoms with Crippen molar-refractivity contribution in [1.82, 2.24) is 5.32 Å². The van der Waals surface area contributed by atoms with E-state index < -0.39 is 0 Å². The lowest BCUT2D eigenvalue weighted by atomic mass is 10.2. The van der Waals surface area contributed by atoms with Gasteiger partial charge in [-0.15, -0.1) is 0 Å². The first kappa shape index (κ1) is 19.2. The second-order valence-corrected chi connectivity index (χ2v) is 5.60. The lowest BCUT2D eigenvalue weighted by molar-refractivity contribution is -0.116. The molecule has 1 aromatic heterocycles. The third-order valence-corrected chi connectivity index (χ3v) is 3.45. The van der Waals surface area contributed by atoms with Gasteiger partial charge in [-0.1, -0.05) is 6.92 Å². The lowest BCUT2D eigenvalue weighted by Gasteiger charge is -2.07. The highest BCUT2D eigenvalue weighted by atomic mass is 16.5. The van der Waals surface area contributed by atoms with Gasteiger partial charge in [-0.25, -0.2) is 4.79 Å². The smallest absolute Gasteiger partial charge is 0.338 e. The molecule has 0 aliphatic heterocycles. The monoisotopic (exact) mass is 358 g/mol. The van der Waals surface area contributed by atoms with Crippen LogP contribution in [0.4, 0.5) is 5.69 Å². The minimum Gasteiger partial charge on any atom is -0.462 e. The Morgan fingerprint density at radius 1 is 1.12 bits per heavy atom. The molecule has 26 heavy (non-hydrogen) atoms. The average Bonchev–Trinajstić information content (AvgIpc) is 3.18. The van der Waals surface area contributed by atoms with E-state index in [1.54, 1.807) is 36.4 Å². The summed E-state index contributed by atoms with van der Waals surface area (Å²) < 4.78 is 10.0. The van der Waals surface area contributed by atoms with E-state index >= 15 is 0 Å². The highest BCUT2D eigenvalue weighted by Gasteiger charge is 2.09. The van der Waals surface area contributed by atoms with Gasteiger partial charge in [0, 0.05) is 18.7 Å². The van der Waals surface area contributed by atoms with Crippen molar-refractivity contribution in [1.29, 1.82) is 0 Å². The molecule has 2 N–H and O–H groups in total. The molecule has 2 rings (SSSR count). The second kappa shape index (κ2) is 10.0. The zero-order chi connectivity index (χ0) is 18.8. The van der Waals surface area contributed by atoms with E-state index in [0.29, 0.717) is 30.8 Å². The van der Waals surface area contributed by atoms with Crippen molar-refractivity contribution in [3.8, 4) is 0 Å². The van der Waals surface area contributed by atoms with E-state index in [-0.39, 0.29) is 30.0 Å². The molecule has 7 heteroatoms. The van der Waals surface area contributed by atoms with Gasteiger partial charge in [0.25, 0.3) is 5.91 Å². The van der Waals surface area contributed by atoms with E-state index in [0.717, 1.165) is 6.42 Å². The molecule has 0 aliphatic rings. The van der Waals surface area contributed by atoms with Crippen LogP contribution in [0.15, 0.2) is 47.1 Å². The molecule has 0 spiro atoms. The third-order valence-electron chi connectivity index (χ3n) is 3.45. The van der Waals surface area contributed by atoms with Crippen LogP contribution in [0.1, 0.15) is 47.1 Å². The Morgan fingerprint density at radius 3 is 2.54 bits per heavy atom. The van der Waals surface area contributed by atoms with Crippen LogP contribution in [0.25, 0.3) is 0 Å². The Kier molecular flexibility index (Phi) is 7.42. The summed E-state index contributed by atoms with van der Waals surface area (Å²) in [6, 6.07) is 9.73. The van der Waals surface area contributed by atoms with Crippen LogP contribution in [0.2, 0.25) is 0 Å². The molecule has 1 aromatic carbocycles. The van der Waals surface area contributed by atoms with Crippen LogP contribution in [0.3, 0.4) is 0 Å². The summed E-state index contributed by atoms with van der Waals surface area (Å²) in [5.41, 5.74) is 1.04. The predicted octanol–water partition coefficient (Wildman–Crippen LogP) is 3.00. The number of ether oxygens (including phenoxy) is 1. The van der Waals surface area contributed by atoms with E-state index in [9.17, 15) is 14.4 Å². The Hall–Kier alpha value is -3.09. The predicted molar refractivity (Wildman–Crippen MR) is 95.9 cm³/mol. The zero-order valence-corrected chi connectivity index (χ0v) is 14.6. The van der Waals surface area contributed by atoms with Crippen LogP contribution in [0, 0.1) is 0 Å². The van der Waals surface area contributed by atoms with Gasteiger partial charge in [0.05, 0.1) is 18.4 Å². The topological polar surface area (TPSA) is 97.6 Å². The number of carbonyl (C=O) groups excluding carboxylic acids is 3. The summed E-state index contributed by atoms with van der Waals surface area (Å²) in [5, 5.41) is 5.42. The molecule has 2 aromatic rings. The summed E-state index contributed by atoms with van der Waals surface area (Å²) >= 11 is 0. The Morgan fingerprint density at radius 2 is 1.88 bits per heavy atom. The molecule has 0 radical (unpaired) electrons. The molecule has 0 saturated heterocycles. The van der Waals surface area contributed by atoms with E-state index in [1.807, 2.05) is 6.92 Å².